The van der Waals surface area contributed by atoms with Gasteiger partial charge in [0.25, 0.3) is 0 Å². The van der Waals surface area contributed by atoms with Crippen molar-refractivity contribution in [2.45, 2.75) is 32.6 Å². The third-order valence-corrected chi connectivity index (χ3v) is 4.87. The normalized spacial score (nSPS) is 11.9. The Bertz CT molecular complexity index is 619. The first-order valence-electron chi connectivity index (χ1n) is 8.05. The first-order valence-corrected chi connectivity index (χ1v) is 8.93. The molecule has 2 aromatic rings. The molecule has 0 atom stereocenters. The Hall–Kier alpha value is -1.09. The van der Waals surface area contributed by atoms with E-state index in [4.69, 9.17) is 4.99 Å². The maximum Gasteiger partial charge on any atom is 0.191 e. The van der Waals surface area contributed by atoms with Gasteiger partial charge in [-0.25, -0.2) is 0 Å². The van der Waals surface area contributed by atoms with Gasteiger partial charge in [-0.05, 0) is 30.4 Å². The highest BCUT2D eigenvalue weighted by Crippen LogP contribution is 2.27. The monoisotopic (exact) mass is 461 g/mol. The summed E-state index contributed by atoms with van der Waals surface area (Å²) in [5.41, 5.74) is 1.29. The van der Waals surface area contributed by atoms with Crippen LogP contribution in [-0.2, 0) is 18.9 Å². The Kier molecular flexibility index (Phi) is 8.75. The maximum absolute atomic E-state index is 4.76. The van der Waals surface area contributed by atoms with Crippen LogP contribution in [0, 0.1) is 0 Å². The van der Waals surface area contributed by atoms with E-state index in [1.807, 2.05) is 24.1 Å². The minimum atomic E-state index is 0. The summed E-state index contributed by atoms with van der Waals surface area (Å²) in [7, 11) is 1.94. The van der Waals surface area contributed by atoms with Crippen molar-refractivity contribution in [3.05, 3.63) is 40.3 Å². The largest absolute Gasteiger partial charge is 0.357 e. The number of hydrogen-bond donors (Lipinski definition) is 2. The Morgan fingerprint density at radius 3 is 2.75 bits per heavy atom. The van der Waals surface area contributed by atoms with Crippen LogP contribution in [0.25, 0.3) is 0 Å². The lowest BCUT2D eigenvalue weighted by molar-refractivity contribution is 0.548. The number of nitrogens with one attached hydrogen (secondary N) is 2. The third kappa shape index (κ3) is 6.43. The average molecular weight is 461 g/mol. The number of thiophene rings is 1. The molecule has 0 spiro atoms. The smallest absolute Gasteiger partial charge is 0.191 e. The lowest BCUT2D eigenvalue weighted by Crippen LogP contribution is -2.39. The zero-order valence-corrected chi connectivity index (χ0v) is 18.0. The van der Waals surface area contributed by atoms with Crippen molar-refractivity contribution >= 4 is 41.3 Å². The van der Waals surface area contributed by atoms with Gasteiger partial charge in [-0.1, -0.05) is 19.9 Å². The standard InChI is InChI=1S/C17H27N5S.HI/c1-5-18-16(19-9-8-14-11-21-22(4)12-14)20-13-17(2,3)15-7-6-10-23-15;/h6-7,10-12H,5,8-9,13H2,1-4H3,(H2,18,19,20);1H. The molecule has 0 fully saturated rings. The molecule has 0 saturated carbocycles. The number of aromatic nitrogens is 2. The first-order chi connectivity index (χ1) is 11.0. The number of aryl methyl sites for hydroxylation is 1. The van der Waals surface area contributed by atoms with Gasteiger partial charge in [0, 0.05) is 36.6 Å². The quantitative estimate of drug-likeness (QED) is 0.379. The van der Waals surface area contributed by atoms with Crippen molar-refractivity contribution < 1.29 is 0 Å². The molecule has 2 N–H and O–H groups in total. The van der Waals surface area contributed by atoms with Gasteiger partial charge in [-0.3, -0.25) is 9.67 Å². The van der Waals surface area contributed by atoms with Crippen LogP contribution in [0.4, 0.5) is 0 Å². The number of halogens is 1. The molecule has 0 aromatic carbocycles. The van der Waals surface area contributed by atoms with E-state index in [1.54, 1.807) is 11.3 Å². The molecule has 0 aliphatic heterocycles. The van der Waals surface area contributed by atoms with E-state index in [-0.39, 0.29) is 29.4 Å². The fourth-order valence-corrected chi connectivity index (χ4v) is 3.13. The number of nitrogens with zero attached hydrogens (tertiary/aromatic N) is 3. The first kappa shape index (κ1) is 21.0. The van der Waals surface area contributed by atoms with E-state index in [0.717, 1.165) is 32.0 Å². The van der Waals surface area contributed by atoms with Crippen LogP contribution in [0.15, 0.2) is 34.9 Å². The van der Waals surface area contributed by atoms with E-state index in [9.17, 15) is 0 Å². The molecule has 2 aromatic heterocycles. The summed E-state index contributed by atoms with van der Waals surface area (Å²) in [6.07, 6.45) is 4.89. The molecule has 0 bridgehead atoms. The summed E-state index contributed by atoms with van der Waals surface area (Å²) in [5, 5.41) is 13.0. The predicted molar refractivity (Wildman–Crippen MR) is 114 cm³/mol. The van der Waals surface area contributed by atoms with Gasteiger partial charge in [0.05, 0.1) is 12.7 Å². The number of hydrogen-bond acceptors (Lipinski definition) is 3. The molecule has 134 valence electrons. The molecule has 2 heterocycles. The lowest BCUT2D eigenvalue weighted by Gasteiger charge is -2.21. The van der Waals surface area contributed by atoms with Crippen LogP contribution in [0.2, 0.25) is 0 Å². The van der Waals surface area contributed by atoms with Gasteiger partial charge in [0.2, 0.25) is 0 Å². The molecule has 7 heteroatoms. The average Bonchev–Trinajstić information content (AvgIpc) is 3.17. The van der Waals surface area contributed by atoms with E-state index in [0.29, 0.717) is 0 Å². The van der Waals surface area contributed by atoms with E-state index >= 15 is 0 Å². The van der Waals surface area contributed by atoms with Crippen LogP contribution >= 0.6 is 35.3 Å². The lowest BCUT2D eigenvalue weighted by atomic mass is 9.92. The second-order valence-electron chi connectivity index (χ2n) is 6.26. The highest BCUT2D eigenvalue weighted by atomic mass is 127. The Labute approximate surface area is 166 Å². The highest BCUT2D eigenvalue weighted by Gasteiger charge is 2.21. The van der Waals surface area contributed by atoms with E-state index in [2.05, 4.69) is 54.0 Å². The summed E-state index contributed by atoms with van der Waals surface area (Å²) in [6, 6.07) is 4.28. The molecule has 0 amide bonds. The molecule has 2 rings (SSSR count). The second-order valence-corrected chi connectivity index (χ2v) is 7.20. The van der Waals surface area contributed by atoms with Crippen molar-refractivity contribution in [1.82, 2.24) is 20.4 Å². The number of guanidine groups is 1. The van der Waals surface area contributed by atoms with E-state index in [1.165, 1.54) is 10.4 Å². The van der Waals surface area contributed by atoms with Gasteiger partial charge in [-0.2, -0.15) is 5.10 Å². The molecule has 24 heavy (non-hydrogen) atoms. The summed E-state index contributed by atoms with van der Waals surface area (Å²) >= 11 is 1.79. The molecular weight excluding hydrogens is 433 g/mol. The van der Waals surface area contributed by atoms with Crippen LogP contribution in [0.5, 0.6) is 0 Å². The minimum absolute atomic E-state index is 0. The van der Waals surface area contributed by atoms with Crippen molar-refractivity contribution in [2.75, 3.05) is 19.6 Å². The SMILES string of the molecule is CCNC(=NCC(C)(C)c1cccs1)NCCc1cnn(C)c1.I. The zero-order chi connectivity index (χ0) is 16.7. The van der Waals surface area contributed by atoms with Gasteiger partial charge in [0.1, 0.15) is 0 Å². The molecule has 0 aliphatic rings. The Balaban J connectivity index is 0.00000288. The third-order valence-electron chi connectivity index (χ3n) is 3.63. The van der Waals surface area contributed by atoms with Gasteiger partial charge in [-0.15, -0.1) is 35.3 Å². The molecule has 0 aliphatic carbocycles. The van der Waals surface area contributed by atoms with Gasteiger partial charge < -0.3 is 10.6 Å². The summed E-state index contributed by atoms with van der Waals surface area (Å²) < 4.78 is 1.83. The van der Waals surface area contributed by atoms with Crippen LogP contribution in [0.1, 0.15) is 31.2 Å². The van der Waals surface area contributed by atoms with Crippen LogP contribution < -0.4 is 10.6 Å². The zero-order valence-electron chi connectivity index (χ0n) is 14.9. The van der Waals surface area contributed by atoms with E-state index < -0.39 is 0 Å². The highest BCUT2D eigenvalue weighted by molar-refractivity contribution is 14.0. The van der Waals surface area contributed by atoms with Gasteiger partial charge in [0.15, 0.2) is 5.96 Å². The van der Waals surface area contributed by atoms with Crippen LogP contribution in [-0.4, -0.2) is 35.4 Å². The second kappa shape index (κ2) is 10.0. The molecule has 0 radical (unpaired) electrons. The fraction of sp³-hybridized carbons (Fsp3) is 0.529. The fourth-order valence-electron chi connectivity index (χ4n) is 2.29. The summed E-state index contributed by atoms with van der Waals surface area (Å²) in [6.45, 7) is 9.02. The number of aliphatic imine (C=N–C) groups is 1. The topological polar surface area (TPSA) is 54.2 Å². The maximum atomic E-state index is 4.76. The Morgan fingerprint density at radius 2 is 2.17 bits per heavy atom. The van der Waals surface area contributed by atoms with Crippen molar-refractivity contribution in [3.8, 4) is 0 Å². The molecular formula is C17H28IN5S. The van der Waals surface area contributed by atoms with Gasteiger partial charge >= 0.3 is 0 Å². The molecule has 5 nitrogen and oxygen atoms in total. The van der Waals surface area contributed by atoms with Crippen molar-refractivity contribution in [2.24, 2.45) is 12.0 Å². The van der Waals surface area contributed by atoms with Crippen LogP contribution in [0.3, 0.4) is 0 Å². The van der Waals surface area contributed by atoms with Crippen molar-refractivity contribution in [3.63, 3.8) is 0 Å². The minimum Gasteiger partial charge on any atom is -0.357 e. The predicted octanol–water partition coefficient (Wildman–Crippen LogP) is 3.18. The number of rotatable bonds is 7. The summed E-state index contributed by atoms with van der Waals surface area (Å²) in [4.78, 5) is 6.13. The molecule has 0 saturated heterocycles. The molecule has 0 unspecified atom stereocenters. The summed E-state index contributed by atoms with van der Waals surface area (Å²) in [5.74, 6) is 0.876. The van der Waals surface area contributed by atoms with Crippen molar-refractivity contribution in [1.29, 1.82) is 0 Å². The Morgan fingerprint density at radius 1 is 1.38 bits per heavy atom.